The third kappa shape index (κ3) is 2.87. The fourth-order valence-corrected chi connectivity index (χ4v) is 4.27. The van der Waals surface area contributed by atoms with Gasteiger partial charge in [-0.25, -0.2) is 5.01 Å². The molecule has 154 valence electrons. The van der Waals surface area contributed by atoms with Gasteiger partial charge in [0.05, 0.1) is 16.7 Å². The minimum atomic E-state index is -0.479. The summed E-state index contributed by atoms with van der Waals surface area (Å²) in [4.78, 5) is 10.6. The van der Waals surface area contributed by atoms with E-state index < -0.39 is 11.2 Å². The Balaban J connectivity index is 1.40. The first-order valence-corrected chi connectivity index (χ1v) is 9.93. The second-order valence-corrected chi connectivity index (χ2v) is 7.57. The van der Waals surface area contributed by atoms with Crippen LogP contribution in [0.5, 0.6) is 17.2 Å². The van der Waals surface area contributed by atoms with Crippen molar-refractivity contribution in [1.29, 1.82) is 0 Å². The summed E-state index contributed by atoms with van der Waals surface area (Å²) < 4.78 is 17.2. The van der Waals surface area contributed by atoms with Gasteiger partial charge in [0.2, 0.25) is 13.0 Å². The van der Waals surface area contributed by atoms with Crippen LogP contribution in [-0.2, 0) is 0 Å². The molecule has 8 heteroatoms. The third-order valence-electron chi connectivity index (χ3n) is 5.79. The van der Waals surface area contributed by atoms with Gasteiger partial charge in [-0.1, -0.05) is 18.2 Å². The second kappa shape index (κ2) is 6.73. The zero-order valence-corrected chi connectivity index (χ0v) is 16.3. The molecule has 0 amide bonds. The summed E-state index contributed by atoms with van der Waals surface area (Å²) in [5.74, 6) is 2.25. The summed E-state index contributed by atoms with van der Waals surface area (Å²) in [6.07, 6.45) is 0.232. The summed E-state index contributed by atoms with van der Waals surface area (Å²) in [6, 6.07) is 20.2. The highest BCUT2D eigenvalue weighted by atomic mass is 16.7. The van der Waals surface area contributed by atoms with Crippen molar-refractivity contribution in [2.24, 2.45) is 5.10 Å². The highest BCUT2D eigenvalue weighted by molar-refractivity contribution is 6.02. The smallest absolute Gasteiger partial charge is 0.269 e. The van der Waals surface area contributed by atoms with E-state index in [1.165, 1.54) is 12.1 Å². The summed E-state index contributed by atoms with van der Waals surface area (Å²) >= 11 is 0. The van der Waals surface area contributed by atoms with E-state index in [1.807, 2.05) is 41.4 Å². The Morgan fingerprint density at radius 1 is 0.968 bits per heavy atom. The fourth-order valence-electron chi connectivity index (χ4n) is 4.27. The minimum absolute atomic E-state index is 0.00515. The van der Waals surface area contributed by atoms with E-state index in [4.69, 9.17) is 19.3 Å². The second-order valence-electron chi connectivity index (χ2n) is 7.57. The first-order valence-electron chi connectivity index (χ1n) is 9.93. The zero-order chi connectivity index (χ0) is 20.9. The predicted octanol–water partition coefficient (Wildman–Crippen LogP) is 4.57. The lowest BCUT2D eigenvalue weighted by atomic mass is 9.96. The summed E-state index contributed by atoms with van der Waals surface area (Å²) in [5, 5.41) is 17.9. The SMILES string of the molecule is O=[N+]([O-])c1ccc([C@@H]2Oc3ccccc3[C@@H]3CC(c4ccc5c(c4)OCO5)=NN32)cc1. The van der Waals surface area contributed by atoms with E-state index in [0.717, 1.165) is 33.9 Å². The molecule has 0 unspecified atom stereocenters. The van der Waals surface area contributed by atoms with E-state index in [2.05, 4.69) is 6.07 Å². The quantitative estimate of drug-likeness (QED) is 0.460. The molecular formula is C23H17N3O5. The average Bonchev–Trinajstić information content (AvgIpc) is 3.45. The lowest BCUT2D eigenvalue weighted by Crippen LogP contribution is -2.33. The standard InChI is InChI=1S/C23H17N3O5/c27-26(28)16-8-5-14(6-9-16)23-25-19(17-3-1-2-4-20(17)31-23)12-18(24-25)15-7-10-21-22(11-15)30-13-29-21/h1-11,19,23H,12-13H2/t19-,23-/m0/s1. The molecule has 3 heterocycles. The Kier molecular flexibility index (Phi) is 3.86. The molecule has 0 saturated heterocycles. The van der Waals surface area contributed by atoms with Gasteiger partial charge in [0, 0.05) is 35.2 Å². The van der Waals surface area contributed by atoms with Crippen LogP contribution in [0.15, 0.2) is 71.8 Å². The Labute approximate surface area is 177 Å². The van der Waals surface area contributed by atoms with Crippen molar-refractivity contribution >= 4 is 11.4 Å². The van der Waals surface area contributed by atoms with E-state index in [-0.39, 0.29) is 18.5 Å². The molecule has 0 saturated carbocycles. The molecule has 0 N–H and O–H groups in total. The number of fused-ring (bicyclic) bond motifs is 4. The first kappa shape index (κ1) is 17.8. The van der Waals surface area contributed by atoms with E-state index in [9.17, 15) is 10.1 Å². The maximum Gasteiger partial charge on any atom is 0.269 e. The Morgan fingerprint density at radius 3 is 2.61 bits per heavy atom. The largest absolute Gasteiger partial charge is 0.464 e. The molecule has 0 fully saturated rings. The van der Waals surface area contributed by atoms with E-state index in [1.54, 1.807) is 12.1 Å². The maximum atomic E-state index is 11.0. The third-order valence-corrected chi connectivity index (χ3v) is 5.79. The van der Waals surface area contributed by atoms with Gasteiger partial charge in [0.15, 0.2) is 11.5 Å². The number of hydrogen-bond donors (Lipinski definition) is 0. The molecule has 3 aliphatic rings. The number of rotatable bonds is 3. The van der Waals surface area contributed by atoms with E-state index in [0.29, 0.717) is 12.2 Å². The molecule has 2 atom stereocenters. The summed E-state index contributed by atoms with van der Waals surface area (Å²) in [7, 11) is 0. The van der Waals surface area contributed by atoms with Crippen LogP contribution in [0.1, 0.15) is 35.4 Å². The average molecular weight is 415 g/mol. The van der Waals surface area contributed by atoms with Gasteiger partial charge in [0.25, 0.3) is 5.69 Å². The van der Waals surface area contributed by atoms with Crippen molar-refractivity contribution in [3.8, 4) is 17.2 Å². The monoisotopic (exact) mass is 415 g/mol. The minimum Gasteiger partial charge on any atom is -0.464 e. The number of benzene rings is 3. The van der Waals surface area contributed by atoms with Gasteiger partial charge < -0.3 is 14.2 Å². The van der Waals surface area contributed by atoms with Crippen molar-refractivity contribution in [3.05, 3.63) is 93.5 Å². The number of nitrogens with zero attached hydrogens (tertiary/aromatic N) is 3. The molecule has 0 aliphatic carbocycles. The molecule has 3 aromatic carbocycles. The Hall–Kier alpha value is -4.07. The molecule has 6 rings (SSSR count). The lowest BCUT2D eigenvalue weighted by Gasteiger charge is -2.38. The number of nitro benzene ring substituents is 1. The molecule has 3 aromatic rings. The number of nitro groups is 1. The van der Waals surface area contributed by atoms with Crippen LogP contribution in [-0.4, -0.2) is 22.4 Å². The number of non-ortho nitro benzene ring substituents is 1. The van der Waals surface area contributed by atoms with Crippen LogP contribution >= 0.6 is 0 Å². The van der Waals surface area contributed by atoms with Gasteiger partial charge in [-0.05, 0) is 36.4 Å². The molecule has 0 aromatic heterocycles. The lowest BCUT2D eigenvalue weighted by molar-refractivity contribution is -0.384. The normalized spacial score (nSPS) is 20.5. The molecule has 3 aliphatic heterocycles. The van der Waals surface area contributed by atoms with Crippen LogP contribution in [0.3, 0.4) is 0 Å². The predicted molar refractivity (Wildman–Crippen MR) is 111 cm³/mol. The van der Waals surface area contributed by atoms with Crippen molar-refractivity contribution in [3.63, 3.8) is 0 Å². The molecular weight excluding hydrogens is 398 g/mol. The van der Waals surface area contributed by atoms with Gasteiger partial charge in [-0.3, -0.25) is 10.1 Å². The molecule has 0 radical (unpaired) electrons. The van der Waals surface area contributed by atoms with Crippen molar-refractivity contribution in [1.82, 2.24) is 5.01 Å². The number of ether oxygens (including phenoxy) is 3. The van der Waals surface area contributed by atoms with Crippen LogP contribution in [0.2, 0.25) is 0 Å². The van der Waals surface area contributed by atoms with Gasteiger partial charge in [-0.2, -0.15) is 5.10 Å². The van der Waals surface area contributed by atoms with Crippen molar-refractivity contribution in [2.45, 2.75) is 18.7 Å². The molecule has 8 nitrogen and oxygen atoms in total. The van der Waals surface area contributed by atoms with Gasteiger partial charge in [0.1, 0.15) is 5.75 Å². The van der Waals surface area contributed by atoms with Crippen molar-refractivity contribution < 1.29 is 19.1 Å². The topological polar surface area (TPSA) is 86.4 Å². The van der Waals surface area contributed by atoms with Crippen LogP contribution < -0.4 is 14.2 Å². The Bertz CT molecular complexity index is 1220. The van der Waals surface area contributed by atoms with Crippen LogP contribution in [0.25, 0.3) is 0 Å². The Morgan fingerprint density at radius 2 is 1.77 bits per heavy atom. The highest BCUT2D eigenvalue weighted by Gasteiger charge is 2.41. The summed E-state index contributed by atoms with van der Waals surface area (Å²) in [6.45, 7) is 0.226. The number of para-hydroxylation sites is 1. The van der Waals surface area contributed by atoms with Crippen LogP contribution in [0, 0.1) is 10.1 Å². The molecule has 0 spiro atoms. The number of hydrogen-bond acceptors (Lipinski definition) is 7. The summed E-state index contributed by atoms with van der Waals surface area (Å²) in [5.41, 5.74) is 3.82. The number of hydrazone groups is 1. The first-order chi connectivity index (χ1) is 15.2. The van der Waals surface area contributed by atoms with E-state index >= 15 is 0 Å². The highest BCUT2D eigenvalue weighted by Crippen LogP contribution is 2.48. The maximum absolute atomic E-state index is 11.0. The fraction of sp³-hybridized carbons (Fsp3) is 0.174. The molecule has 31 heavy (non-hydrogen) atoms. The van der Waals surface area contributed by atoms with Gasteiger partial charge in [-0.15, -0.1) is 0 Å². The zero-order valence-electron chi connectivity index (χ0n) is 16.3. The van der Waals surface area contributed by atoms with Crippen LogP contribution in [0.4, 0.5) is 5.69 Å². The molecule has 0 bridgehead atoms. The van der Waals surface area contributed by atoms with Crippen molar-refractivity contribution in [2.75, 3.05) is 6.79 Å². The van der Waals surface area contributed by atoms with Gasteiger partial charge >= 0.3 is 0 Å².